The topological polar surface area (TPSA) is 58.6 Å². The number of aliphatic hydroxyl groups is 1. The third-order valence-corrected chi connectivity index (χ3v) is 4.62. The van der Waals surface area contributed by atoms with Gasteiger partial charge in [0.15, 0.2) is 0 Å². The van der Waals surface area contributed by atoms with Gasteiger partial charge in [-0.05, 0) is 42.0 Å². The molecule has 138 valence electrons. The molecule has 0 saturated heterocycles. The first-order valence-electron chi connectivity index (χ1n) is 8.17. The van der Waals surface area contributed by atoms with Gasteiger partial charge in [-0.25, -0.2) is 0 Å². The average Bonchev–Trinajstić information content (AvgIpc) is 2.69. The largest absolute Gasteiger partial charge is 0.495 e. The second kappa shape index (κ2) is 8.44. The molecule has 1 unspecified atom stereocenters. The Bertz CT molecular complexity index is 961. The second-order valence-electron chi connectivity index (χ2n) is 5.85. The summed E-state index contributed by atoms with van der Waals surface area (Å²) >= 11 is 12.2. The lowest BCUT2D eigenvalue weighted by Crippen LogP contribution is -2.15. The van der Waals surface area contributed by atoms with Crippen molar-refractivity contribution >= 4 is 34.8 Å². The van der Waals surface area contributed by atoms with Crippen LogP contribution in [0.4, 0.5) is 5.69 Å². The van der Waals surface area contributed by atoms with Gasteiger partial charge in [-0.15, -0.1) is 0 Å². The SMILES string of the molecule is COc1ccc(C(=O)Nc2ccc(Cl)cc2C(O)c2ccccc2)cc1Cl. The minimum atomic E-state index is -0.931. The minimum Gasteiger partial charge on any atom is -0.495 e. The van der Waals surface area contributed by atoms with Gasteiger partial charge in [-0.2, -0.15) is 0 Å². The highest BCUT2D eigenvalue weighted by atomic mass is 35.5. The molecule has 3 aromatic rings. The predicted octanol–water partition coefficient (Wildman–Crippen LogP) is 5.34. The molecule has 4 nitrogen and oxygen atoms in total. The fourth-order valence-corrected chi connectivity index (χ4v) is 3.13. The lowest BCUT2D eigenvalue weighted by Gasteiger charge is -2.17. The van der Waals surface area contributed by atoms with Crippen LogP contribution in [0.3, 0.4) is 0 Å². The standard InChI is InChI=1S/C21H17Cl2NO3/c1-27-19-10-7-14(11-17(19)23)21(26)24-18-9-8-15(22)12-16(18)20(25)13-5-3-2-4-6-13/h2-12,20,25H,1H3,(H,24,26). The number of benzene rings is 3. The molecule has 0 aliphatic heterocycles. The number of carbonyl (C=O) groups excluding carboxylic acids is 1. The molecule has 2 N–H and O–H groups in total. The van der Waals surface area contributed by atoms with Gasteiger partial charge >= 0.3 is 0 Å². The van der Waals surface area contributed by atoms with Crippen LogP contribution in [0.5, 0.6) is 5.75 Å². The summed E-state index contributed by atoms with van der Waals surface area (Å²) in [7, 11) is 1.51. The molecule has 6 heteroatoms. The Morgan fingerprint density at radius 1 is 1.04 bits per heavy atom. The van der Waals surface area contributed by atoms with Gasteiger partial charge in [0.25, 0.3) is 5.91 Å². The Morgan fingerprint density at radius 2 is 1.78 bits per heavy atom. The highest BCUT2D eigenvalue weighted by Gasteiger charge is 2.18. The van der Waals surface area contributed by atoms with E-state index in [1.807, 2.05) is 18.2 Å². The molecule has 27 heavy (non-hydrogen) atoms. The summed E-state index contributed by atoms with van der Waals surface area (Å²) in [5.41, 5.74) is 2.04. The maximum atomic E-state index is 12.6. The second-order valence-corrected chi connectivity index (χ2v) is 6.69. The van der Waals surface area contributed by atoms with E-state index in [1.165, 1.54) is 13.2 Å². The van der Waals surface area contributed by atoms with E-state index >= 15 is 0 Å². The van der Waals surface area contributed by atoms with Gasteiger partial charge in [0.05, 0.1) is 12.1 Å². The van der Waals surface area contributed by atoms with Gasteiger partial charge in [-0.1, -0.05) is 53.5 Å². The fourth-order valence-electron chi connectivity index (χ4n) is 2.69. The molecule has 0 aliphatic carbocycles. The summed E-state index contributed by atoms with van der Waals surface area (Å²) in [5.74, 6) is 0.128. The van der Waals surface area contributed by atoms with Crippen LogP contribution in [-0.4, -0.2) is 18.1 Å². The molecule has 0 saturated carbocycles. The first kappa shape index (κ1) is 19.2. The number of hydrogen-bond acceptors (Lipinski definition) is 3. The predicted molar refractivity (Wildman–Crippen MR) is 108 cm³/mol. The quantitative estimate of drug-likeness (QED) is 0.606. The van der Waals surface area contributed by atoms with Gasteiger partial charge in [-0.3, -0.25) is 4.79 Å². The first-order valence-corrected chi connectivity index (χ1v) is 8.92. The van der Waals surface area contributed by atoms with Crippen LogP contribution in [0.15, 0.2) is 66.7 Å². The number of hydrogen-bond donors (Lipinski definition) is 2. The number of ether oxygens (including phenoxy) is 1. The number of nitrogens with one attached hydrogen (secondary N) is 1. The molecule has 3 rings (SSSR count). The lowest BCUT2D eigenvalue weighted by atomic mass is 9.99. The fraction of sp³-hybridized carbons (Fsp3) is 0.0952. The molecular weight excluding hydrogens is 385 g/mol. The monoisotopic (exact) mass is 401 g/mol. The van der Waals surface area contributed by atoms with Crippen molar-refractivity contribution in [1.82, 2.24) is 0 Å². The highest BCUT2D eigenvalue weighted by molar-refractivity contribution is 6.32. The summed E-state index contributed by atoms with van der Waals surface area (Å²) in [6.45, 7) is 0. The molecule has 0 bridgehead atoms. The van der Waals surface area contributed by atoms with Gasteiger partial charge in [0.2, 0.25) is 0 Å². The number of carbonyl (C=O) groups is 1. The Kier molecular flexibility index (Phi) is 6.01. The van der Waals surface area contributed by atoms with Crippen molar-refractivity contribution in [2.24, 2.45) is 0 Å². The van der Waals surface area contributed by atoms with E-state index in [1.54, 1.807) is 42.5 Å². The van der Waals surface area contributed by atoms with Crippen molar-refractivity contribution in [3.8, 4) is 5.75 Å². The zero-order valence-electron chi connectivity index (χ0n) is 14.4. The molecule has 3 aromatic carbocycles. The van der Waals surface area contributed by atoms with E-state index in [2.05, 4.69) is 5.32 Å². The van der Waals surface area contributed by atoms with E-state index in [-0.39, 0.29) is 5.91 Å². The number of halogens is 2. The minimum absolute atomic E-state index is 0.339. The third kappa shape index (κ3) is 4.42. The Labute approximate surface area is 167 Å². The zero-order valence-corrected chi connectivity index (χ0v) is 16.0. The van der Waals surface area contributed by atoms with Crippen LogP contribution >= 0.6 is 23.2 Å². The van der Waals surface area contributed by atoms with Crippen molar-refractivity contribution in [2.75, 3.05) is 12.4 Å². The smallest absolute Gasteiger partial charge is 0.255 e. The highest BCUT2D eigenvalue weighted by Crippen LogP contribution is 2.31. The van der Waals surface area contributed by atoms with Crippen LogP contribution in [0.1, 0.15) is 27.6 Å². The third-order valence-electron chi connectivity index (χ3n) is 4.09. The summed E-state index contributed by atoms with van der Waals surface area (Å²) in [6, 6.07) is 18.9. The normalized spacial score (nSPS) is 11.7. The van der Waals surface area contributed by atoms with Crippen LogP contribution in [0.25, 0.3) is 0 Å². The van der Waals surface area contributed by atoms with Crippen LogP contribution < -0.4 is 10.1 Å². The van der Waals surface area contributed by atoms with Crippen LogP contribution in [0.2, 0.25) is 10.0 Å². The molecule has 0 aromatic heterocycles. The van der Waals surface area contributed by atoms with Crippen molar-refractivity contribution < 1.29 is 14.6 Å². The van der Waals surface area contributed by atoms with Crippen LogP contribution in [-0.2, 0) is 0 Å². The van der Waals surface area contributed by atoms with Gasteiger partial charge < -0.3 is 15.2 Å². The molecule has 0 radical (unpaired) electrons. The Morgan fingerprint density at radius 3 is 2.44 bits per heavy atom. The van der Waals surface area contributed by atoms with E-state index in [0.717, 1.165) is 0 Å². The molecule has 1 amide bonds. The van der Waals surface area contributed by atoms with E-state index in [0.29, 0.717) is 38.2 Å². The Balaban J connectivity index is 1.91. The number of amides is 1. The van der Waals surface area contributed by atoms with E-state index in [9.17, 15) is 9.90 Å². The summed E-state index contributed by atoms with van der Waals surface area (Å²) in [4.78, 5) is 12.6. The molecule has 1 atom stereocenters. The zero-order chi connectivity index (χ0) is 19.4. The van der Waals surface area contributed by atoms with Crippen molar-refractivity contribution in [3.63, 3.8) is 0 Å². The van der Waals surface area contributed by atoms with Crippen molar-refractivity contribution in [3.05, 3.63) is 93.5 Å². The summed E-state index contributed by atoms with van der Waals surface area (Å²) < 4.78 is 5.10. The number of methoxy groups -OCH3 is 1. The lowest BCUT2D eigenvalue weighted by molar-refractivity contribution is 0.102. The first-order chi connectivity index (χ1) is 13.0. The maximum absolute atomic E-state index is 12.6. The average molecular weight is 402 g/mol. The van der Waals surface area contributed by atoms with Gasteiger partial charge in [0, 0.05) is 21.8 Å². The molecule has 0 spiro atoms. The maximum Gasteiger partial charge on any atom is 0.255 e. The number of anilines is 1. The van der Waals surface area contributed by atoms with Crippen molar-refractivity contribution in [1.29, 1.82) is 0 Å². The van der Waals surface area contributed by atoms with E-state index in [4.69, 9.17) is 27.9 Å². The summed E-state index contributed by atoms with van der Waals surface area (Å²) in [6.07, 6.45) is -0.931. The Hall–Kier alpha value is -2.53. The summed E-state index contributed by atoms with van der Waals surface area (Å²) in [5, 5.41) is 14.4. The number of rotatable bonds is 5. The van der Waals surface area contributed by atoms with Gasteiger partial charge in [0.1, 0.15) is 11.9 Å². The van der Waals surface area contributed by atoms with E-state index < -0.39 is 6.10 Å². The molecular formula is C21H17Cl2NO3. The number of aliphatic hydroxyl groups excluding tert-OH is 1. The van der Waals surface area contributed by atoms with Crippen molar-refractivity contribution in [2.45, 2.75) is 6.10 Å². The molecule has 0 aliphatic rings. The molecule has 0 heterocycles. The molecule has 0 fully saturated rings. The van der Waals surface area contributed by atoms with Crippen LogP contribution in [0, 0.1) is 0 Å².